The van der Waals surface area contributed by atoms with Crippen LogP contribution < -0.4 is 10.6 Å². The molecule has 0 aliphatic carbocycles. The monoisotopic (exact) mass is 295 g/mol. The number of amides is 1. The number of benzene rings is 1. The second kappa shape index (κ2) is 6.71. The lowest BCUT2D eigenvalue weighted by molar-refractivity contribution is 0.102. The van der Waals surface area contributed by atoms with Gasteiger partial charge in [-0.3, -0.25) is 4.79 Å². The summed E-state index contributed by atoms with van der Waals surface area (Å²) in [5.74, 6) is 0.250. The van der Waals surface area contributed by atoms with E-state index in [0.717, 1.165) is 42.9 Å². The van der Waals surface area contributed by atoms with E-state index < -0.39 is 0 Å². The Balaban J connectivity index is 1.76. The molecule has 4 heteroatoms. The van der Waals surface area contributed by atoms with Crippen molar-refractivity contribution in [3.8, 4) is 0 Å². The van der Waals surface area contributed by atoms with Crippen LogP contribution in [0.5, 0.6) is 0 Å². The van der Waals surface area contributed by atoms with Crippen molar-refractivity contribution in [2.75, 3.05) is 18.4 Å². The first-order chi connectivity index (χ1) is 10.7. The molecule has 1 aliphatic rings. The maximum absolute atomic E-state index is 12.4. The molecule has 1 saturated heterocycles. The van der Waals surface area contributed by atoms with Gasteiger partial charge in [0.25, 0.3) is 5.91 Å². The Bertz CT molecular complexity index is 663. The van der Waals surface area contributed by atoms with Crippen LogP contribution in [0.2, 0.25) is 0 Å². The molecule has 1 aromatic heterocycles. The van der Waals surface area contributed by atoms with Gasteiger partial charge in [0.05, 0.1) is 0 Å². The summed E-state index contributed by atoms with van der Waals surface area (Å²) < 4.78 is 0. The molecule has 0 unspecified atom stereocenters. The van der Waals surface area contributed by atoms with Gasteiger partial charge in [-0.2, -0.15) is 0 Å². The third kappa shape index (κ3) is 3.34. The van der Waals surface area contributed by atoms with Gasteiger partial charge >= 0.3 is 0 Å². The molecule has 4 nitrogen and oxygen atoms in total. The van der Waals surface area contributed by atoms with Crippen molar-refractivity contribution in [1.29, 1.82) is 0 Å². The Kier molecular flexibility index (Phi) is 4.49. The van der Waals surface area contributed by atoms with Gasteiger partial charge in [0.1, 0.15) is 5.69 Å². The topological polar surface area (TPSA) is 54.0 Å². The Hall–Kier alpha value is -2.20. The van der Waals surface area contributed by atoms with Gasteiger partial charge in [-0.25, -0.2) is 4.98 Å². The van der Waals surface area contributed by atoms with Gasteiger partial charge < -0.3 is 10.6 Å². The quantitative estimate of drug-likeness (QED) is 0.915. The summed E-state index contributed by atoms with van der Waals surface area (Å²) >= 11 is 0. The molecule has 2 heterocycles. The van der Waals surface area contributed by atoms with Gasteiger partial charge in [-0.15, -0.1) is 0 Å². The number of anilines is 1. The fraction of sp³-hybridized carbons (Fsp3) is 0.333. The zero-order chi connectivity index (χ0) is 15.4. The average Bonchev–Trinajstić information content (AvgIpc) is 2.58. The number of pyridine rings is 1. The molecule has 1 aliphatic heterocycles. The van der Waals surface area contributed by atoms with Crippen molar-refractivity contribution in [2.24, 2.45) is 0 Å². The lowest BCUT2D eigenvalue weighted by Crippen LogP contribution is -2.29. The maximum atomic E-state index is 12.4. The summed E-state index contributed by atoms with van der Waals surface area (Å²) in [6.07, 6.45) is 2.29. The van der Waals surface area contributed by atoms with Crippen LogP contribution in [0, 0.1) is 6.92 Å². The number of rotatable bonds is 3. The SMILES string of the molecule is Cc1ccccc1NC(=O)c1cccc([C@@H]2CCCNC2)n1. The van der Waals surface area contributed by atoms with Crippen LogP contribution in [0.1, 0.15) is 40.5 Å². The molecule has 1 fully saturated rings. The van der Waals surface area contributed by atoms with E-state index in [1.807, 2.05) is 43.3 Å². The van der Waals surface area contributed by atoms with Gasteiger partial charge in [0.15, 0.2) is 0 Å². The van der Waals surface area contributed by atoms with Crippen molar-refractivity contribution in [3.63, 3.8) is 0 Å². The minimum absolute atomic E-state index is 0.153. The van der Waals surface area contributed by atoms with E-state index in [-0.39, 0.29) is 5.91 Å². The highest BCUT2D eigenvalue weighted by atomic mass is 16.1. The number of aryl methyl sites for hydroxylation is 1. The van der Waals surface area contributed by atoms with Gasteiger partial charge in [0.2, 0.25) is 0 Å². The fourth-order valence-corrected chi connectivity index (χ4v) is 2.81. The largest absolute Gasteiger partial charge is 0.320 e. The number of carbonyl (C=O) groups excluding carboxylic acids is 1. The summed E-state index contributed by atoms with van der Waals surface area (Å²) in [6, 6.07) is 13.5. The molecule has 0 bridgehead atoms. The van der Waals surface area contributed by atoms with Gasteiger partial charge in [-0.1, -0.05) is 24.3 Å². The lowest BCUT2D eigenvalue weighted by atomic mass is 9.95. The molecule has 1 amide bonds. The van der Waals surface area contributed by atoms with Crippen LogP contribution in [0.4, 0.5) is 5.69 Å². The highest BCUT2D eigenvalue weighted by molar-refractivity contribution is 6.03. The number of hydrogen-bond acceptors (Lipinski definition) is 3. The molecule has 0 saturated carbocycles. The average molecular weight is 295 g/mol. The van der Waals surface area contributed by atoms with E-state index in [4.69, 9.17) is 0 Å². The first-order valence-electron chi connectivity index (χ1n) is 7.78. The summed E-state index contributed by atoms with van der Waals surface area (Å²) in [4.78, 5) is 17.0. The van der Waals surface area contributed by atoms with E-state index in [9.17, 15) is 4.79 Å². The Labute approximate surface area is 131 Å². The molecule has 3 rings (SSSR count). The highest BCUT2D eigenvalue weighted by Crippen LogP contribution is 2.22. The smallest absolute Gasteiger partial charge is 0.274 e. The van der Waals surface area contributed by atoms with Crippen molar-refractivity contribution >= 4 is 11.6 Å². The summed E-state index contributed by atoms with van der Waals surface area (Å²) in [7, 11) is 0. The Morgan fingerprint density at radius 2 is 2.09 bits per heavy atom. The molecular weight excluding hydrogens is 274 g/mol. The van der Waals surface area contributed by atoms with Gasteiger partial charge in [0, 0.05) is 23.8 Å². The number of hydrogen-bond donors (Lipinski definition) is 2. The van der Waals surface area contributed by atoms with Crippen molar-refractivity contribution in [3.05, 3.63) is 59.4 Å². The Morgan fingerprint density at radius 1 is 1.23 bits per heavy atom. The van der Waals surface area contributed by atoms with Crippen molar-refractivity contribution in [1.82, 2.24) is 10.3 Å². The zero-order valence-corrected chi connectivity index (χ0v) is 12.8. The van der Waals surface area contributed by atoms with Crippen molar-refractivity contribution < 1.29 is 4.79 Å². The lowest BCUT2D eigenvalue weighted by Gasteiger charge is -2.22. The molecule has 2 aromatic rings. The molecule has 1 aromatic carbocycles. The van der Waals surface area contributed by atoms with Crippen LogP contribution in [-0.2, 0) is 0 Å². The first-order valence-corrected chi connectivity index (χ1v) is 7.78. The summed E-state index contributed by atoms with van der Waals surface area (Å²) in [5.41, 5.74) is 3.36. The number of aromatic nitrogens is 1. The zero-order valence-electron chi connectivity index (χ0n) is 12.8. The van der Waals surface area contributed by atoms with E-state index in [2.05, 4.69) is 15.6 Å². The van der Waals surface area contributed by atoms with Gasteiger partial charge in [-0.05, 0) is 50.1 Å². The van der Waals surface area contributed by atoms with Crippen LogP contribution in [-0.4, -0.2) is 24.0 Å². The molecule has 114 valence electrons. The minimum atomic E-state index is -0.153. The van der Waals surface area contributed by atoms with E-state index >= 15 is 0 Å². The number of para-hydroxylation sites is 1. The predicted molar refractivity (Wildman–Crippen MR) is 88.2 cm³/mol. The summed E-state index contributed by atoms with van der Waals surface area (Å²) in [5, 5.41) is 6.33. The molecular formula is C18H21N3O. The Morgan fingerprint density at radius 3 is 2.86 bits per heavy atom. The minimum Gasteiger partial charge on any atom is -0.320 e. The molecule has 2 N–H and O–H groups in total. The molecule has 1 atom stereocenters. The van der Waals surface area contributed by atoms with Crippen LogP contribution in [0.25, 0.3) is 0 Å². The third-order valence-corrected chi connectivity index (χ3v) is 4.11. The number of carbonyl (C=O) groups is 1. The highest BCUT2D eigenvalue weighted by Gasteiger charge is 2.18. The molecule has 22 heavy (non-hydrogen) atoms. The van der Waals surface area contributed by atoms with Crippen LogP contribution >= 0.6 is 0 Å². The maximum Gasteiger partial charge on any atom is 0.274 e. The second-order valence-corrected chi connectivity index (χ2v) is 5.76. The number of piperidine rings is 1. The summed E-state index contributed by atoms with van der Waals surface area (Å²) in [6.45, 7) is 3.99. The van der Waals surface area contributed by atoms with E-state index in [1.165, 1.54) is 0 Å². The predicted octanol–water partition coefficient (Wildman–Crippen LogP) is 3.11. The standard InChI is InChI=1S/C18H21N3O/c1-13-6-2-3-8-15(13)21-18(22)17-10-4-9-16(20-17)14-7-5-11-19-12-14/h2-4,6,8-10,14,19H,5,7,11-12H2,1H3,(H,21,22)/t14-/m1/s1. The van der Waals surface area contributed by atoms with E-state index in [1.54, 1.807) is 6.07 Å². The fourth-order valence-electron chi connectivity index (χ4n) is 2.81. The second-order valence-electron chi connectivity index (χ2n) is 5.76. The normalized spacial score (nSPS) is 18.0. The van der Waals surface area contributed by atoms with Crippen molar-refractivity contribution in [2.45, 2.75) is 25.7 Å². The number of nitrogens with zero attached hydrogens (tertiary/aromatic N) is 1. The first kappa shape index (κ1) is 14.7. The third-order valence-electron chi connectivity index (χ3n) is 4.11. The van der Waals surface area contributed by atoms with E-state index in [0.29, 0.717) is 11.6 Å². The molecule has 0 radical (unpaired) electrons. The van der Waals surface area contributed by atoms with Crippen LogP contribution in [0.15, 0.2) is 42.5 Å². The number of nitrogens with one attached hydrogen (secondary N) is 2. The molecule has 0 spiro atoms. The van der Waals surface area contributed by atoms with Crippen LogP contribution in [0.3, 0.4) is 0 Å².